The van der Waals surface area contributed by atoms with Gasteiger partial charge in [0.2, 0.25) is 5.91 Å². The zero-order chi connectivity index (χ0) is 20.1. The number of carbonyl (C=O) groups is 1. The average Bonchev–Trinajstić information content (AvgIpc) is 3.12. The first kappa shape index (κ1) is 19.9. The molecule has 0 aliphatic rings. The zero-order valence-corrected chi connectivity index (χ0v) is 17.3. The van der Waals surface area contributed by atoms with E-state index in [0.717, 1.165) is 45.7 Å². The summed E-state index contributed by atoms with van der Waals surface area (Å²) in [4.78, 5) is 12.4. The minimum Gasteiger partial charge on any atom is -0.497 e. The van der Waals surface area contributed by atoms with Gasteiger partial charge in [0.15, 0.2) is 11.0 Å². The molecule has 7 heteroatoms. The molecule has 1 amide bonds. The van der Waals surface area contributed by atoms with Crippen LogP contribution in [0.1, 0.15) is 18.1 Å². The van der Waals surface area contributed by atoms with Crippen LogP contribution in [0.5, 0.6) is 5.75 Å². The summed E-state index contributed by atoms with van der Waals surface area (Å²) in [7, 11) is 1.64. The number of nitrogens with one attached hydrogen (secondary N) is 1. The quantitative estimate of drug-likeness (QED) is 0.602. The van der Waals surface area contributed by atoms with Gasteiger partial charge in [-0.25, -0.2) is 0 Å². The van der Waals surface area contributed by atoms with Crippen molar-refractivity contribution in [3.63, 3.8) is 0 Å². The van der Waals surface area contributed by atoms with Crippen molar-refractivity contribution in [1.82, 2.24) is 14.8 Å². The molecular formula is C21H24N4O2S. The van der Waals surface area contributed by atoms with Crippen LogP contribution in [-0.4, -0.2) is 33.5 Å². The van der Waals surface area contributed by atoms with E-state index in [2.05, 4.69) is 15.5 Å². The van der Waals surface area contributed by atoms with Gasteiger partial charge in [-0.2, -0.15) is 0 Å². The van der Waals surface area contributed by atoms with Crippen molar-refractivity contribution in [3.8, 4) is 17.1 Å². The smallest absolute Gasteiger partial charge is 0.234 e. The van der Waals surface area contributed by atoms with E-state index in [0.29, 0.717) is 0 Å². The highest BCUT2D eigenvalue weighted by Crippen LogP contribution is 2.26. The number of thioether (sulfide) groups is 1. The second kappa shape index (κ2) is 8.93. The maximum Gasteiger partial charge on any atom is 0.234 e. The van der Waals surface area contributed by atoms with Gasteiger partial charge in [-0.3, -0.25) is 4.79 Å². The second-order valence-corrected chi connectivity index (χ2v) is 7.38. The van der Waals surface area contributed by atoms with Crippen molar-refractivity contribution in [2.24, 2.45) is 0 Å². The van der Waals surface area contributed by atoms with E-state index < -0.39 is 0 Å². The summed E-state index contributed by atoms with van der Waals surface area (Å²) >= 11 is 1.38. The molecule has 0 fully saturated rings. The summed E-state index contributed by atoms with van der Waals surface area (Å²) in [6.07, 6.45) is 0. The minimum absolute atomic E-state index is 0.0599. The monoisotopic (exact) mass is 396 g/mol. The Balaban J connectivity index is 1.69. The first-order chi connectivity index (χ1) is 13.5. The first-order valence-corrected chi connectivity index (χ1v) is 10.1. The van der Waals surface area contributed by atoms with Crippen LogP contribution < -0.4 is 10.1 Å². The number of methoxy groups -OCH3 is 1. The number of amides is 1. The summed E-state index contributed by atoms with van der Waals surface area (Å²) in [5.41, 5.74) is 3.97. The van der Waals surface area contributed by atoms with Crippen LogP contribution in [0, 0.1) is 13.8 Å². The maximum atomic E-state index is 12.4. The molecule has 0 saturated heterocycles. The Morgan fingerprint density at radius 3 is 2.57 bits per heavy atom. The van der Waals surface area contributed by atoms with E-state index in [9.17, 15) is 4.79 Å². The molecule has 2 aromatic carbocycles. The van der Waals surface area contributed by atoms with Gasteiger partial charge in [-0.15, -0.1) is 10.2 Å². The molecule has 0 radical (unpaired) electrons. The zero-order valence-electron chi connectivity index (χ0n) is 16.5. The fourth-order valence-electron chi connectivity index (χ4n) is 2.82. The third-order valence-electron chi connectivity index (χ3n) is 4.38. The van der Waals surface area contributed by atoms with Crippen LogP contribution in [0.4, 0.5) is 5.69 Å². The lowest BCUT2D eigenvalue weighted by Crippen LogP contribution is -2.15. The molecule has 146 valence electrons. The van der Waals surface area contributed by atoms with Gasteiger partial charge >= 0.3 is 0 Å². The standard InChI is InChI=1S/C21H24N4O2S/c1-5-25-20(16-8-10-17(27-4)11-9-16)23-24-21(25)28-13-19(26)22-18-12-14(2)6-7-15(18)3/h6-12H,5,13H2,1-4H3,(H,22,26). The molecule has 6 nitrogen and oxygen atoms in total. The molecule has 0 atom stereocenters. The molecule has 0 unspecified atom stereocenters. The van der Waals surface area contributed by atoms with Gasteiger partial charge in [0.05, 0.1) is 12.9 Å². The Morgan fingerprint density at radius 1 is 1.14 bits per heavy atom. The number of hydrogen-bond acceptors (Lipinski definition) is 5. The minimum atomic E-state index is -0.0599. The Bertz CT molecular complexity index is 967. The first-order valence-electron chi connectivity index (χ1n) is 9.09. The maximum absolute atomic E-state index is 12.4. The van der Waals surface area contributed by atoms with Crippen LogP contribution >= 0.6 is 11.8 Å². The van der Waals surface area contributed by atoms with Crippen LogP contribution in [0.15, 0.2) is 47.6 Å². The van der Waals surface area contributed by atoms with Gasteiger partial charge < -0.3 is 14.6 Å². The average molecular weight is 397 g/mol. The van der Waals surface area contributed by atoms with Gasteiger partial charge in [0, 0.05) is 17.8 Å². The fourth-order valence-corrected chi connectivity index (χ4v) is 3.62. The Labute approximate surface area is 169 Å². The lowest BCUT2D eigenvalue weighted by Gasteiger charge is -2.10. The lowest BCUT2D eigenvalue weighted by atomic mass is 10.1. The number of anilines is 1. The molecule has 28 heavy (non-hydrogen) atoms. The molecule has 0 aliphatic carbocycles. The Hall–Kier alpha value is -2.80. The summed E-state index contributed by atoms with van der Waals surface area (Å²) < 4.78 is 7.22. The highest BCUT2D eigenvalue weighted by atomic mass is 32.2. The number of carbonyl (C=O) groups excluding carboxylic acids is 1. The number of ether oxygens (including phenoxy) is 1. The number of rotatable bonds is 7. The number of aryl methyl sites for hydroxylation is 2. The molecule has 0 spiro atoms. The van der Waals surface area contributed by atoms with Crippen LogP contribution in [0.2, 0.25) is 0 Å². The molecule has 0 aliphatic heterocycles. The Kier molecular flexibility index (Phi) is 6.36. The summed E-state index contributed by atoms with van der Waals surface area (Å²) in [6.45, 7) is 6.75. The second-order valence-electron chi connectivity index (χ2n) is 6.43. The van der Waals surface area contributed by atoms with Crippen molar-refractivity contribution in [1.29, 1.82) is 0 Å². The van der Waals surface area contributed by atoms with Crippen molar-refractivity contribution in [2.75, 3.05) is 18.2 Å². The topological polar surface area (TPSA) is 69.0 Å². The van der Waals surface area contributed by atoms with Gasteiger partial charge in [-0.1, -0.05) is 23.9 Å². The summed E-state index contributed by atoms with van der Waals surface area (Å²) in [5.74, 6) is 1.79. The van der Waals surface area contributed by atoms with E-state index in [-0.39, 0.29) is 11.7 Å². The number of hydrogen-bond donors (Lipinski definition) is 1. The van der Waals surface area contributed by atoms with Crippen LogP contribution in [-0.2, 0) is 11.3 Å². The highest BCUT2D eigenvalue weighted by molar-refractivity contribution is 7.99. The molecular weight excluding hydrogens is 372 g/mol. The van der Waals surface area contributed by atoms with Crippen molar-refractivity contribution < 1.29 is 9.53 Å². The number of nitrogens with zero attached hydrogens (tertiary/aromatic N) is 3. The van der Waals surface area contributed by atoms with E-state index in [4.69, 9.17) is 4.74 Å². The SMILES string of the molecule is CCn1c(SCC(=O)Nc2cc(C)ccc2C)nnc1-c1ccc(OC)cc1. The van der Waals surface area contributed by atoms with Gasteiger partial charge in [0.25, 0.3) is 0 Å². The third kappa shape index (κ3) is 4.54. The van der Waals surface area contributed by atoms with E-state index in [1.807, 2.05) is 67.8 Å². The van der Waals surface area contributed by atoms with Crippen molar-refractivity contribution >= 4 is 23.4 Å². The molecule has 3 rings (SSSR count). The molecule has 1 aromatic heterocycles. The number of benzene rings is 2. The molecule has 0 saturated carbocycles. The van der Waals surface area contributed by atoms with E-state index in [1.54, 1.807) is 7.11 Å². The predicted molar refractivity (Wildman–Crippen MR) is 113 cm³/mol. The van der Waals surface area contributed by atoms with E-state index >= 15 is 0 Å². The number of aromatic nitrogens is 3. The third-order valence-corrected chi connectivity index (χ3v) is 5.35. The largest absolute Gasteiger partial charge is 0.497 e. The van der Waals surface area contributed by atoms with Crippen LogP contribution in [0.3, 0.4) is 0 Å². The molecule has 3 aromatic rings. The molecule has 1 heterocycles. The van der Waals surface area contributed by atoms with Crippen LogP contribution in [0.25, 0.3) is 11.4 Å². The molecule has 1 N–H and O–H groups in total. The fraction of sp³-hybridized carbons (Fsp3) is 0.286. The predicted octanol–water partition coefficient (Wildman–Crippen LogP) is 4.32. The van der Waals surface area contributed by atoms with Gasteiger partial charge in [-0.05, 0) is 62.2 Å². The normalized spacial score (nSPS) is 10.7. The van der Waals surface area contributed by atoms with Gasteiger partial charge in [0.1, 0.15) is 5.75 Å². The van der Waals surface area contributed by atoms with Crippen molar-refractivity contribution in [2.45, 2.75) is 32.5 Å². The van der Waals surface area contributed by atoms with Crippen molar-refractivity contribution in [3.05, 3.63) is 53.6 Å². The summed E-state index contributed by atoms with van der Waals surface area (Å²) in [5, 5.41) is 12.3. The summed E-state index contributed by atoms with van der Waals surface area (Å²) in [6, 6.07) is 13.7. The van der Waals surface area contributed by atoms with E-state index in [1.165, 1.54) is 11.8 Å². The lowest BCUT2D eigenvalue weighted by molar-refractivity contribution is -0.113. The highest BCUT2D eigenvalue weighted by Gasteiger charge is 2.15. The molecule has 0 bridgehead atoms. The Morgan fingerprint density at radius 2 is 1.89 bits per heavy atom.